The van der Waals surface area contributed by atoms with Gasteiger partial charge in [-0.25, -0.2) is 0 Å². The zero-order valence-electron chi connectivity index (χ0n) is 8.80. The first kappa shape index (κ1) is 11.7. The summed E-state index contributed by atoms with van der Waals surface area (Å²) in [7, 11) is 0. The molecule has 0 heterocycles. The third kappa shape index (κ3) is 3.39. The predicted octanol–water partition coefficient (Wildman–Crippen LogP) is 3.20. The van der Waals surface area contributed by atoms with Crippen LogP contribution in [0.25, 0.3) is 0 Å². The van der Waals surface area contributed by atoms with E-state index in [0.717, 1.165) is 18.4 Å². The van der Waals surface area contributed by atoms with Crippen LogP contribution >= 0.6 is 23.2 Å². The van der Waals surface area contributed by atoms with Crippen molar-refractivity contribution in [1.29, 1.82) is 0 Å². The molecule has 2 nitrogen and oxygen atoms in total. The summed E-state index contributed by atoms with van der Waals surface area (Å²) in [5, 5.41) is 4.04. The van der Waals surface area contributed by atoms with Gasteiger partial charge in [0, 0.05) is 12.5 Å². The fraction of sp³-hybridized carbons (Fsp3) is 0.417. The van der Waals surface area contributed by atoms with Crippen molar-refractivity contribution in [2.75, 3.05) is 0 Å². The molecule has 86 valence electrons. The first-order valence-corrected chi connectivity index (χ1v) is 6.14. The van der Waals surface area contributed by atoms with Gasteiger partial charge in [-0.15, -0.1) is 0 Å². The van der Waals surface area contributed by atoms with Crippen molar-refractivity contribution in [2.45, 2.75) is 31.7 Å². The van der Waals surface area contributed by atoms with E-state index in [2.05, 4.69) is 5.32 Å². The molecule has 1 aromatic carbocycles. The summed E-state index contributed by atoms with van der Waals surface area (Å²) in [6.45, 7) is 0. The van der Waals surface area contributed by atoms with E-state index in [1.54, 1.807) is 6.07 Å². The highest BCUT2D eigenvalue weighted by molar-refractivity contribution is 6.42. The van der Waals surface area contributed by atoms with E-state index < -0.39 is 0 Å². The lowest BCUT2D eigenvalue weighted by Crippen LogP contribution is -2.25. The summed E-state index contributed by atoms with van der Waals surface area (Å²) in [5.74, 6) is 0.119. The van der Waals surface area contributed by atoms with E-state index >= 15 is 0 Å². The number of carbonyl (C=O) groups is 1. The van der Waals surface area contributed by atoms with E-state index in [1.807, 2.05) is 12.1 Å². The average molecular weight is 258 g/mol. The predicted molar refractivity (Wildman–Crippen MR) is 65.9 cm³/mol. The van der Waals surface area contributed by atoms with Crippen LogP contribution < -0.4 is 5.32 Å². The Morgan fingerprint density at radius 2 is 2.06 bits per heavy atom. The summed E-state index contributed by atoms with van der Waals surface area (Å²) >= 11 is 11.7. The molecule has 0 atom stereocenters. The molecule has 1 saturated carbocycles. The largest absolute Gasteiger partial charge is 0.353 e. The Balaban J connectivity index is 1.83. The monoisotopic (exact) mass is 257 g/mol. The lowest BCUT2D eigenvalue weighted by molar-refractivity contribution is -0.121. The van der Waals surface area contributed by atoms with Crippen LogP contribution in [-0.4, -0.2) is 11.9 Å². The minimum atomic E-state index is 0.119. The van der Waals surface area contributed by atoms with Crippen molar-refractivity contribution < 1.29 is 4.79 Å². The highest BCUT2D eigenvalue weighted by atomic mass is 35.5. The molecule has 0 unspecified atom stereocenters. The SMILES string of the molecule is O=C(CCc1ccc(Cl)c(Cl)c1)NC1CC1. The Bertz CT molecular complexity index is 402. The second kappa shape index (κ2) is 5.07. The Morgan fingerprint density at radius 3 is 2.69 bits per heavy atom. The molecule has 0 radical (unpaired) electrons. The number of rotatable bonds is 4. The Kier molecular flexibility index (Phi) is 3.72. The highest BCUT2D eigenvalue weighted by Crippen LogP contribution is 2.23. The van der Waals surface area contributed by atoms with Gasteiger partial charge in [0.2, 0.25) is 5.91 Å². The molecule has 16 heavy (non-hydrogen) atoms. The van der Waals surface area contributed by atoms with Crippen LogP contribution in [-0.2, 0) is 11.2 Å². The fourth-order valence-electron chi connectivity index (χ4n) is 1.48. The van der Waals surface area contributed by atoms with Gasteiger partial charge < -0.3 is 5.32 Å². The molecule has 0 aromatic heterocycles. The number of halogens is 2. The first-order valence-electron chi connectivity index (χ1n) is 5.38. The number of nitrogens with one attached hydrogen (secondary N) is 1. The molecule has 1 aromatic rings. The van der Waals surface area contributed by atoms with E-state index in [-0.39, 0.29) is 5.91 Å². The van der Waals surface area contributed by atoms with Crippen molar-refractivity contribution in [3.8, 4) is 0 Å². The van der Waals surface area contributed by atoms with Gasteiger partial charge in [0.05, 0.1) is 10.0 Å². The maximum atomic E-state index is 11.4. The van der Waals surface area contributed by atoms with Crippen molar-refractivity contribution >= 4 is 29.1 Å². The van der Waals surface area contributed by atoms with Crippen LogP contribution in [0.2, 0.25) is 10.0 Å². The van der Waals surface area contributed by atoms with Crippen molar-refractivity contribution in [3.63, 3.8) is 0 Å². The minimum Gasteiger partial charge on any atom is -0.353 e. The molecular weight excluding hydrogens is 245 g/mol. The maximum Gasteiger partial charge on any atom is 0.220 e. The second-order valence-corrected chi connectivity index (χ2v) is 4.90. The van der Waals surface area contributed by atoms with Gasteiger partial charge >= 0.3 is 0 Å². The molecule has 0 aliphatic heterocycles. The second-order valence-electron chi connectivity index (χ2n) is 4.09. The van der Waals surface area contributed by atoms with Gasteiger partial charge in [-0.1, -0.05) is 29.3 Å². The van der Waals surface area contributed by atoms with Gasteiger partial charge in [-0.3, -0.25) is 4.79 Å². The van der Waals surface area contributed by atoms with E-state index in [0.29, 0.717) is 28.9 Å². The van der Waals surface area contributed by atoms with Gasteiger partial charge in [-0.05, 0) is 37.0 Å². The molecule has 2 rings (SSSR count). The number of hydrogen-bond acceptors (Lipinski definition) is 1. The van der Waals surface area contributed by atoms with Crippen LogP contribution in [0.1, 0.15) is 24.8 Å². The molecule has 1 amide bonds. The van der Waals surface area contributed by atoms with Crippen LogP contribution in [0.3, 0.4) is 0 Å². The number of aryl methyl sites for hydroxylation is 1. The van der Waals surface area contributed by atoms with Crippen molar-refractivity contribution in [3.05, 3.63) is 33.8 Å². The molecular formula is C12H13Cl2NO. The molecule has 1 fully saturated rings. The van der Waals surface area contributed by atoms with Gasteiger partial charge in [0.15, 0.2) is 0 Å². The van der Waals surface area contributed by atoms with Gasteiger partial charge in [0.1, 0.15) is 0 Å². The zero-order valence-corrected chi connectivity index (χ0v) is 10.3. The average Bonchev–Trinajstić information content (AvgIpc) is 3.04. The quantitative estimate of drug-likeness (QED) is 0.882. The lowest BCUT2D eigenvalue weighted by Gasteiger charge is -2.04. The number of benzene rings is 1. The van der Waals surface area contributed by atoms with Crippen molar-refractivity contribution in [2.24, 2.45) is 0 Å². The minimum absolute atomic E-state index is 0.119. The van der Waals surface area contributed by atoms with Gasteiger partial charge in [0.25, 0.3) is 0 Å². The van der Waals surface area contributed by atoms with Crippen LogP contribution in [0.5, 0.6) is 0 Å². The van der Waals surface area contributed by atoms with E-state index in [9.17, 15) is 4.79 Å². The Labute approximate surface area is 105 Å². The van der Waals surface area contributed by atoms with Gasteiger partial charge in [-0.2, -0.15) is 0 Å². The zero-order chi connectivity index (χ0) is 11.5. The summed E-state index contributed by atoms with van der Waals surface area (Å²) < 4.78 is 0. The number of carbonyl (C=O) groups excluding carboxylic acids is 1. The molecule has 1 N–H and O–H groups in total. The first-order chi connectivity index (χ1) is 7.65. The summed E-state index contributed by atoms with van der Waals surface area (Å²) in [5.41, 5.74) is 1.04. The molecule has 1 aliphatic rings. The molecule has 0 spiro atoms. The molecule has 4 heteroatoms. The van der Waals surface area contributed by atoms with Crippen LogP contribution in [0.15, 0.2) is 18.2 Å². The third-order valence-corrected chi connectivity index (χ3v) is 3.31. The fourth-order valence-corrected chi connectivity index (χ4v) is 1.80. The molecule has 1 aliphatic carbocycles. The maximum absolute atomic E-state index is 11.4. The van der Waals surface area contributed by atoms with Crippen molar-refractivity contribution in [1.82, 2.24) is 5.32 Å². The summed E-state index contributed by atoms with van der Waals surface area (Å²) in [4.78, 5) is 11.4. The highest BCUT2D eigenvalue weighted by Gasteiger charge is 2.22. The van der Waals surface area contributed by atoms with Crippen LogP contribution in [0.4, 0.5) is 0 Å². The number of hydrogen-bond donors (Lipinski definition) is 1. The van der Waals surface area contributed by atoms with E-state index in [1.165, 1.54) is 0 Å². The topological polar surface area (TPSA) is 29.1 Å². The molecule has 0 bridgehead atoms. The third-order valence-electron chi connectivity index (χ3n) is 2.57. The summed E-state index contributed by atoms with van der Waals surface area (Å²) in [6, 6.07) is 5.91. The smallest absolute Gasteiger partial charge is 0.220 e. The van der Waals surface area contributed by atoms with Crippen LogP contribution in [0, 0.1) is 0 Å². The number of amides is 1. The Hall–Kier alpha value is -0.730. The lowest BCUT2D eigenvalue weighted by atomic mass is 10.1. The normalized spacial score (nSPS) is 14.9. The van der Waals surface area contributed by atoms with E-state index in [4.69, 9.17) is 23.2 Å². The Morgan fingerprint density at radius 1 is 1.31 bits per heavy atom. The molecule has 0 saturated heterocycles. The standard InChI is InChI=1S/C12H13Cl2NO/c13-10-5-1-8(7-11(10)14)2-6-12(16)15-9-3-4-9/h1,5,7,9H,2-4,6H2,(H,15,16). The summed E-state index contributed by atoms with van der Waals surface area (Å²) in [6.07, 6.45) is 3.46.